The van der Waals surface area contributed by atoms with E-state index in [9.17, 15) is 19.5 Å². The van der Waals surface area contributed by atoms with Gasteiger partial charge in [-0.05, 0) is 30.5 Å². The Balaban J connectivity index is 2.17. The Kier molecular flexibility index (Phi) is 3.49. The lowest BCUT2D eigenvalue weighted by Crippen LogP contribution is -2.18. The summed E-state index contributed by atoms with van der Waals surface area (Å²) >= 11 is 0. The molecule has 1 aliphatic rings. The third-order valence-corrected chi connectivity index (χ3v) is 4.02. The first kappa shape index (κ1) is 15.0. The highest BCUT2D eigenvalue weighted by molar-refractivity contribution is 6.02. The number of hydrogen-bond donors (Lipinski definition) is 3. The van der Waals surface area contributed by atoms with Crippen LogP contribution in [0.25, 0.3) is 0 Å². The van der Waals surface area contributed by atoms with Crippen molar-refractivity contribution in [2.24, 2.45) is 17.3 Å². The maximum absolute atomic E-state index is 12.1. The van der Waals surface area contributed by atoms with Crippen molar-refractivity contribution in [3.63, 3.8) is 0 Å². The monoisotopic (exact) mass is 291 g/mol. The van der Waals surface area contributed by atoms with Crippen molar-refractivity contribution in [3.8, 4) is 5.75 Å². The van der Waals surface area contributed by atoms with Gasteiger partial charge in [-0.1, -0.05) is 13.8 Å². The van der Waals surface area contributed by atoms with E-state index in [1.165, 1.54) is 25.1 Å². The molecule has 6 nitrogen and oxygen atoms in total. The molecule has 2 rings (SSSR count). The topological polar surface area (TPSA) is 104 Å². The van der Waals surface area contributed by atoms with Gasteiger partial charge in [-0.15, -0.1) is 0 Å². The summed E-state index contributed by atoms with van der Waals surface area (Å²) in [6, 6.07) is 4.16. The number of carbonyl (C=O) groups excluding carboxylic acids is 2. The van der Waals surface area contributed by atoms with Crippen molar-refractivity contribution < 1.29 is 24.6 Å². The van der Waals surface area contributed by atoms with Crippen LogP contribution in [0.2, 0.25) is 0 Å². The molecule has 0 aromatic heterocycles. The number of aromatic hydroxyl groups is 1. The number of nitrogens with one attached hydrogen (secondary N) is 1. The number of benzene rings is 1. The minimum Gasteiger partial charge on any atom is -0.507 e. The normalized spacial score (nSPS) is 22.4. The summed E-state index contributed by atoms with van der Waals surface area (Å²) in [5.74, 6) is -3.18. The number of carbonyl (C=O) groups is 3. The Hall–Kier alpha value is -2.37. The number of carboxylic acid groups (broad SMARTS) is 1. The lowest BCUT2D eigenvalue weighted by Gasteiger charge is -2.08. The number of aliphatic carboxylic acids is 1. The van der Waals surface area contributed by atoms with Crippen molar-refractivity contribution in [3.05, 3.63) is 23.8 Å². The van der Waals surface area contributed by atoms with E-state index in [4.69, 9.17) is 5.11 Å². The van der Waals surface area contributed by atoms with Crippen LogP contribution in [0.5, 0.6) is 5.75 Å². The lowest BCUT2D eigenvalue weighted by molar-refractivity contribution is -0.140. The quantitative estimate of drug-likeness (QED) is 0.580. The summed E-state index contributed by atoms with van der Waals surface area (Å²) in [6.45, 7) is 4.77. The molecule has 0 bridgehead atoms. The van der Waals surface area contributed by atoms with Crippen LogP contribution in [0.15, 0.2) is 18.2 Å². The van der Waals surface area contributed by atoms with Crippen LogP contribution in [-0.2, 0) is 9.59 Å². The first-order chi connectivity index (χ1) is 9.66. The van der Waals surface area contributed by atoms with Crippen LogP contribution in [0.1, 0.15) is 31.1 Å². The van der Waals surface area contributed by atoms with Gasteiger partial charge in [0.1, 0.15) is 5.75 Å². The number of amides is 1. The molecule has 1 aromatic carbocycles. The minimum atomic E-state index is -0.990. The summed E-state index contributed by atoms with van der Waals surface area (Å²) in [5, 5.41) is 21.2. The number of rotatable bonds is 4. The van der Waals surface area contributed by atoms with Gasteiger partial charge in [-0.25, -0.2) is 0 Å². The predicted octanol–water partition coefficient (Wildman–Crippen LogP) is 1.89. The fraction of sp³-hybridized carbons (Fsp3) is 0.400. The first-order valence-corrected chi connectivity index (χ1v) is 6.54. The molecule has 1 aliphatic carbocycles. The molecule has 1 aromatic rings. The molecule has 112 valence electrons. The third kappa shape index (κ3) is 2.61. The highest BCUT2D eigenvalue weighted by Gasteiger charge is 2.65. The van der Waals surface area contributed by atoms with E-state index in [2.05, 4.69) is 5.32 Å². The van der Waals surface area contributed by atoms with E-state index in [1.54, 1.807) is 13.8 Å². The molecular weight excluding hydrogens is 274 g/mol. The molecular formula is C15H17NO5. The number of phenols is 1. The molecule has 3 N–H and O–H groups in total. The number of carboxylic acids is 1. The highest BCUT2D eigenvalue weighted by Crippen LogP contribution is 2.58. The van der Waals surface area contributed by atoms with Gasteiger partial charge in [-0.3, -0.25) is 14.4 Å². The SMILES string of the molecule is CC(=O)c1cc(NC(=O)[C@H]2[C@@H](C(=O)O)C2(C)C)ccc1O. The van der Waals surface area contributed by atoms with Crippen molar-refractivity contribution in [2.75, 3.05) is 5.32 Å². The zero-order valence-electron chi connectivity index (χ0n) is 12.0. The second-order valence-corrected chi connectivity index (χ2v) is 5.89. The maximum Gasteiger partial charge on any atom is 0.307 e. The average molecular weight is 291 g/mol. The molecule has 0 saturated heterocycles. The Morgan fingerprint density at radius 1 is 1.19 bits per heavy atom. The number of ketones is 1. The molecule has 0 heterocycles. The van der Waals surface area contributed by atoms with E-state index in [-0.39, 0.29) is 17.1 Å². The van der Waals surface area contributed by atoms with Gasteiger partial charge in [-0.2, -0.15) is 0 Å². The molecule has 1 saturated carbocycles. The number of anilines is 1. The first-order valence-electron chi connectivity index (χ1n) is 6.54. The van der Waals surface area contributed by atoms with E-state index in [0.29, 0.717) is 5.69 Å². The van der Waals surface area contributed by atoms with Crippen molar-refractivity contribution in [1.29, 1.82) is 0 Å². The maximum atomic E-state index is 12.1. The number of Topliss-reactive ketones (excluding diaryl/α,β-unsaturated/α-hetero) is 1. The average Bonchev–Trinajstić information content (AvgIpc) is 2.94. The van der Waals surface area contributed by atoms with Gasteiger partial charge in [0.2, 0.25) is 5.91 Å². The van der Waals surface area contributed by atoms with Crippen molar-refractivity contribution in [1.82, 2.24) is 0 Å². The lowest BCUT2D eigenvalue weighted by atomic mass is 10.1. The predicted molar refractivity (Wildman–Crippen MR) is 75.1 cm³/mol. The molecule has 1 amide bonds. The zero-order valence-corrected chi connectivity index (χ0v) is 12.0. The fourth-order valence-electron chi connectivity index (χ4n) is 2.70. The number of phenolic OH excluding ortho intramolecular Hbond substituents is 1. The summed E-state index contributed by atoms with van der Waals surface area (Å²) in [5.41, 5.74) is -0.122. The van der Waals surface area contributed by atoms with Gasteiger partial charge in [0.25, 0.3) is 0 Å². The zero-order chi connectivity index (χ0) is 15.9. The Morgan fingerprint density at radius 2 is 1.81 bits per heavy atom. The van der Waals surface area contributed by atoms with Crippen LogP contribution < -0.4 is 5.32 Å². The summed E-state index contributed by atoms with van der Waals surface area (Å²) in [7, 11) is 0. The van der Waals surface area contributed by atoms with E-state index < -0.39 is 29.1 Å². The van der Waals surface area contributed by atoms with Gasteiger partial charge >= 0.3 is 5.97 Å². The third-order valence-electron chi connectivity index (χ3n) is 4.02. The molecule has 0 unspecified atom stereocenters. The molecule has 6 heteroatoms. The summed E-state index contributed by atoms with van der Waals surface area (Å²) in [4.78, 5) is 34.6. The van der Waals surface area contributed by atoms with Crippen LogP contribution in [0.3, 0.4) is 0 Å². The van der Waals surface area contributed by atoms with E-state index in [1.807, 2.05) is 0 Å². The summed E-state index contributed by atoms with van der Waals surface area (Å²) < 4.78 is 0. The second kappa shape index (κ2) is 4.87. The summed E-state index contributed by atoms with van der Waals surface area (Å²) in [6.07, 6.45) is 0. The number of hydrogen-bond acceptors (Lipinski definition) is 4. The van der Waals surface area contributed by atoms with Crippen LogP contribution in [-0.4, -0.2) is 27.9 Å². The molecule has 0 spiro atoms. The van der Waals surface area contributed by atoms with Gasteiger partial charge in [0.15, 0.2) is 5.78 Å². The minimum absolute atomic E-state index is 0.109. The van der Waals surface area contributed by atoms with Gasteiger partial charge in [0.05, 0.1) is 17.4 Å². The molecule has 21 heavy (non-hydrogen) atoms. The molecule has 2 atom stereocenters. The molecule has 0 radical (unpaired) electrons. The molecule has 0 aliphatic heterocycles. The van der Waals surface area contributed by atoms with Crippen molar-refractivity contribution >= 4 is 23.3 Å². The Labute approximate surface area is 121 Å². The van der Waals surface area contributed by atoms with Gasteiger partial charge < -0.3 is 15.5 Å². The van der Waals surface area contributed by atoms with Crippen LogP contribution >= 0.6 is 0 Å². The standard InChI is InChI=1S/C15H17NO5/c1-7(17)9-6-8(4-5-10(9)18)16-13(19)11-12(14(20)21)15(11,2)3/h4-6,11-12,18H,1-3H3,(H,16,19)(H,20,21)/t11-,12+/m1/s1. The second-order valence-electron chi connectivity index (χ2n) is 5.89. The van der Waals surface area contributed by atoms with Crippen molar-refractivity contribution in [2.45, 2.75) is 20.8 Å². The molecule has 1 fully saturated rings. The van der Waals surface area contributed by atoms with Gasteiger partial charge in [0, 0.05) is 5.69 Å². The Morgan fingerprint density at radius 3 is 2.29 bits per heavy atom. The van der Waals surface area contributed by atoms with E-state index >= 15 is 0 Å². The fourth-order valence-corrected chi connectivity index (χ4v) is 2.70. The highest BCUT2D eigenvalue weighted by atomic mass is 16.4. The Bertz CT molecular complexity index is 635. The van der Waals surface area contributed by atoms with Crippen LogP contribution in [0, 0.1) is 17.3 Å². The largest absolute Gasteiger partial charge is 0.507 e. The smallest absolute Gasteiger partial charge is 0.307 e. The van der Waals surface area contributed by atoms with Crippen LogP contribution in [0.4, 0.5) is 5.69 Å². The van der Waals surface area contributed by atoms with E-state index in [0.717, 1.165) is 0 Å².